The van der Waals surface area contributed by atoms with E-state index >= 15 is 0 Å². The van der Waals surface area contributed by atoms with E-state index in [0.29, 0.717) is 26.3 Å². The van der Waals surface area contributed by atoms with E-state index in [4.69, 9.17) is 9.47 Å². The van der Waals surface area contributed by atoms with Crippen molar-refractivity contribution in [2.24, 2.45) is 0 Å². The molecule has 0 aliphatic carbocycles. The van der Waals surface area contributed by atoms with Crippen LogP contribution in [0.1, 0.15) is 16.3 Å². The molecule has 6 nitrogen and oxygen atoms in total. The van der Waals surface area contributed by atoms with Crippen LogP contribution in [-0.2, 0) is 13.0 Å². The first-order valence-corrected chi connectivity index (χ1v) is 8.40. The standard InChI is InChI=1S/C16H19N3O3S/c1-11-19-13(10-23-11)9-18-16(20)17-5-4-12-2-3-14-15(8-12)22-7-6-21-14/h2-3,8,10H,4-7,9H2,1H3,(H2,17,18,20). The van der Waals surface area contributed by atoms with E-state index in [9.17, 15) is 4.79 Å². The number of benzene rings is 1. The smallest absolute Gasteiger partial charge is 0.315 e. The number of amides is 2. The third-order valence-electron chi connectivity index (χ3n) is 3.40. The Balaban J connectivity index is 1.41. The first-order valence-electron chi connectivity index (χ1n) is 7.52. The minimum absolute atomic E-state index is 0.187. The van der Waals surface area contributed by atoms with Crippen molar-refractivity contribution in [2.45, 2.75) is 19.9 Å². The number of fused-ring (bicyclic) bond motifs is 1. The number of rotatable bonds is 5. The van der Waals surface area contributed by atoms with Gasteiger partial charge < -0.3 is 20.1 Å². The van der Waals surface area contributed by atoms with E-state index in [1.54, 1.807) is 11.3 Å². The summed E-state index contributed by atoms with van der Waals surface area (Å²) in [6.45, 7) is 4.11. The molecule has 2 heterocycles. The highest BCUT2D eigenvalue weighted by molar-refractivity contribution is 7.09. The van der Waals surface area contributed by atoms with Crippen LogP contribution in [-0.4, -0.2) is 30.8 Å². The summed E-state index contributed by atoms with van der Waals surface area (Å²) in [6, 6.07) is 5.68. The molecular formula is C16H19N3O3S. The second-order valence-corrected chi connectivity index (χ2v) is 6.26. The third-order valence-corrected chi connectivity index (χ3v) is 4.22. The maximum atomic E-state index is 11.8. The van der Waals surface area contributed by atoms with Crippen molar-refractivity contribution in [3.63, 3.8) is 0 Å². The molecular weight excluding hydrogens is 314 g/mol. The van der Waals surface area contributed by atoms with Crippen molar-refractivity contribution in [2.75, 3.05) is 19.8 Å². The molecule has 1 aliphatic rings. The average molecular weight is 333 g/mol. The van der Waals surface area contributed by atoms with Gasteiger partial charge in [0, 0.05) is 11.9 Å². The SMILES string of the molecule is Cc1nc(CNC(=O)NCCc2ccc3c(c2)OCCO3)cs1. The summed E-state index contributed by atoms with van der Waals surface area (Å²) >= 11 is 1.58. The normalized spacial score (nSPS) is 12.7. The molecule has 0 unspecified atom stereocenters. The topological polar surface area (TPSA) is 72.5 Å². The molecule has 23 heavy (non-hydrogen) atoms. The Hall–Kier alpha value is -2.28. The van der Waals surface area contributed by atoms with E-state index in [2.05, 4.69) is 15.6 Å². The Kier molecular flexibility index (Phi) is 4.97. The summed E-state index contributed by atoms with van der Waals surface area (Å²) in [5.41, 5.74) is 1.99. The number of carbonyl (C=O) groups excluding carboxylic acids is 1. The van der Waals surface area contributed by atoms with Gasteiger partial charge in [0.1, 0.15) is 13.2 Å². The summed E-state index contributed by atoms with van der Waals surface area (Å²) in [5, 5.41) is 8.59. The van der Waals surface area contributed by atoms with Gasteiger partial charge in [-0.05, 0) is 31.0 Å². The quantitative estimate of drug-likeness (QED) is 0.880. The first kappa shape index (κ1) is 15.6. The molecule has 0 bridgehead atoms. The van der Waals surface area contributed by atoms with E-state index in [1.165, 1.54) is 0 Å². The van der Waals surface area contributed by atoms with Crippen LogP contribution in [0.5, 0.6) is 11.5 Å². The Morgan fingerprint density at radius 1 is 1.26 bits per heavy atom. The zero-order valence-electron chi connectivity index (χ0n) is 12.9. The van der Waals surface area contributed by atoms with E-state index < -0.39 is 0 Å². The Labute approximate surface area is 138 Å². The Morgan fingerprint density at radius 3 is 2.87 bits per heavy atom. The average Bonchev–Trinajstić information content (AvgIpc) is 2.98. The number of carbonyl (C=O) groups is 1. The van der Waals surface area contributed by atoms with Gasteiger partial charge in [-0.2, -0.15) is 0 Å². The summed E-state index contributed by atoms with van der Waals surface area (Å²) in [4.78, 5) is 16.1. The van der Waals surface area contributed by atoms with Gasteiger partial charge >= 0.3 is 6.03 Å². The largest absolute Gasteiger partial charge is 0.486 e. The molecule has 0 saturated carbocycles. The molecule has 2 N–H and O–H groups in total. The molecule has 0 atom stereocenters. The second-order valence-electron chi connectivity index (χ2n) is 5.20. The Morgan fingerprint density at radius 2 is 2.09 bits per heavy atom. The summed E-state index contributed by atoms with van der Waals surface area (Å²) in [7, 11) is 0. The van der Waals surface area contributed by atoms with Crippen molar-refractivity contribution >= 4 is 17.4 Å². The molecule has 2 aromatic rings. The van der Waals surface area contributed by atoms with Crippen LogP contribution in [0, 0.1) is 6.92 Å². The lowest BCUT2D eigenvalue weighted by Crippen LogP contribution is -2.36. The number of hydrogen-bond acceptors (Lipinski definition) is 5. The molecule has 122 valence electrons. The third kappa shape index (κ3) is 4.35. The van der Waals surface area contributed by atoms with Gasteiger partial charge in [-0.3, -0.25) is 0 Å². The van der Waals surface area contributed by atoms with Gasteiger partial charge in [0.2, 0.25) is 0 Å². The minimum atomic E-state index is -0.187. The van der Waals surface area contributed by atoms with Crippen LogP contribution >= 0.6 is 11.3 Å². The predicted octanol–water partition coefficient (Wildman–Crippen LogP) is 2.26. The van der Waals surface area contributed by atoms with E-state index in [0.717, 1.165) is 34.2 Å². The summed E-state index contributed by atoms with van der Waals surface area (Å²) in [5.74, 6) is 1.56. The van der Waals surface area contributed by atoms with E-state index in [-0.39, 0.29) is 6.03 Å². The zero-order chi connectivity index (χ0) is 16.1. The predicted molar refractivity (Wildman–Crippen MR) is 88.2 cm³/mol. The molecule has 1 aromatic heterocycles. The van der Waals surface area contributed by atoms with Gasteiger partial charge in [0.25, 0.3) is 0 Å². The molecule has 0 fully saturated rings. The van der Waals surface area contributed by atoms with Gasteiger partial charge in [-0.25, -0.2) is 9.78 Å². The highest BCUT2D eigenvalue weighted by Gasteiger charge is 2.11. The van der Waals surface area contributed by atoms with Crippen molar-refractivity contribution in [3.8, 4) is 11.5 Å². The number of nitrogens with one attached hydrogen (secondary N) is 2. The van der Waals surface area contributed by atoms with Crippen LogP contribution in [0.2, 0.25) is 0 Å². The molecule has 1 aromatic carbocycles. The first-order chi connectivity index (χ1) is 11.2. The molecule has 2 amide bonds. The number of aryl methyl sites for hydroxylation is 1. The van der Waals surface area contributed by atoms with E-state index in [1.807, 2.05) is 30.5 Å². The van der Waals surface area contributed by atoms with Gasteiger partial charge in [0.15, 0.2) is 11.5 Å². The van der Waals surface area contributed by atoms with Crippen molar-refractivity contribution in [3.05, 3.63) is 39.8 Å². The van der Waals surface area contributed by atoms with Crippen LogP contribution in [0.15, 0.2) is 23.6 Å². The maximum absolute atomic E-state index is 11.8. The number of thiazole rings is 1. The van der Waals surface area contributed by atoms with Gasteiger partial charge in [-0.1, -0.05) is 6.07 Å². The second kappa shape index (κ2) is 7.32. The lowest BCUT2D eigenvalue weighted by molar-refractivity contribution is 0.171. The van der Waals surface area contributed by atoms with Crippen LogP contribution in [0.25, 0.3) is 0 Å². The van der Waals surface area contributed by atoms with Gasteiger partial charge in [0.05, 0.1) is 17.2 Å². The maximum Gasteiger partial charge on any atom is 0.315 e. The molecule has 7 heteroatoms. The lowest BCUT2D eigenvalue weighted by Gasteiger charge is -2.18. The molecule has 0 radical (unpaired) electrons. The summed E-state index contributed by atoms with van der Waals surface area (Å²) in [6.07, 6.45) is 0.736. The lowest BCUT2D eigenvalue weighted by atomic mass is 10.1. The number of aromatic nitrogens is 1. The monoisotopic (exact) mass is 333 g/mol. The number of urea groups is 1. The number of hydrogen-bond donors (Lipinski definition) is 2. The highest BCUT2D eigenvalue weighted by Crippen LogP contribution is 2.30. The highest BCUT2D eigenvalue weighted by atomic mass is 32.1. The fourth-order valence-corrected chi connectivity index (χ4v) is 2.90. The van der Waals surface area contributed by atoms with Crippen LogP contribution in [0.4, 0.5) is 4.79 Å². The molecule has 0 spiro atoms. The fourth-order valence-electron chi connectivity index (χ4n) is 2.29. The summed E-state index contributed by atoms with van der Waals surface area (Å²) < 4.78 is 11.0. The minimum Gasteiger partial charge on any atom is -0.486 e. The molecule has 3 rings (SSSR count). The van der Waals surface area contributed by atoms with Crippen molar-refractivity contribution < 1.29 is 14.3 Å². The molecule has 0 saturated heterocycles. The number of ether oxygens (including phenoxy) is 2. The number of nitrogens with zero attached hydrogens (tertiary/aromatic N) is 1. The van der Waals surface area contributed by atoms with Crippen LogP contribution in [0.3, 0.4) is 0 Å². The zero-order valence-corrected chi connectivity index (χ0v) is 13.7. The van der Waals surface area contributed by atoms with Crippen molar-refractivity contribution in [1.82, 2.24) is 15.6 Å². The molecule has 1 aliphatic heterocycles. The van der Waals surface area contributed by atoms with Gasteiger partial charge in [-0.15, -0.1) is 11.3 Å². The fraction of sp³-hybridized carbons (Fsp3) is 0.375. The Bertz CT molecular complexity index is 687. The van der Waals surface area contributed by atoms with Crippen molar-refractivity contribution in [1.29, 1.82) is 0 Å². The van der Waals surface area contributed by atoms with Crippen LogP contribution < -0.4 is 20.1 Å².